The van der Waals surface area contributed by atoms with Crippen molar-refractivity contribution >= 4 is 5.91 Å². The fourth-order valence-corrected chi connectivity index (χ4v) is 1.10. The average molecular weight is 226 g/mol. The first kappa shape index (κ1) is 14.2. The Morgan fingerprint density at radius 3 is 2.53 bits per heavy atom. The van der Waals surface area contributed by atoms with Gasteiger partial charge in [0.05, 0.1) is 6.42 Å². The summed E-state index contributed by atoms with van der Waals surface area (Å²) in [6.07, 6.45) is -4.40. The molecule has 1 amide bonds. The predicted octanol–water partition coefficient (Wildman–Crippen LogP) is 1.57. The molecule has 0 radical (unpaired) electrons. The van der Waals surface area contributed by atoms with Crippen LogP contribution in [0.3, 0.4) is 0 Å². The van der Waals surface area contributed by atoms with Crippen molar-refractivity contribution in [3.05, 3.63) is 0 Å². The molecule has 0 aromatic rings. The van der Waals surface area contributed by atoms with Crippen LogP contribution in [0.1, 0.15) is 32.6 Å². The number of amides is 1. The molecule has 0 aliphatic carbocycles. The highest BCUT2D eigenvalue weighted by atomic mass is 19.4. The largest absolute Gasteiger partial charge is 0.389 e. The molecule has 15 heavy (non-hydrogen) atoms. The summed E-state index contributed by atoms with van der Waals surface area (Å²) >= 11 is 0. The first-order chi connectivity index (χ1) is 6.85. The van der Waals surface area contributed by atoms with Crippen LogP contribution in [0.4, 0.5) is 13.2 Å². The standard InChI is InChI=1S/C9H17F3N2O/c1-7(3-2-6-13)14-8(15)4-5-9(10,11)12/h7H,2-6,13H2,1H3,(H,14,15). The van der Waals surface area contributed by atoms with Crippen molar-refractivity contribution in [1.29, 1.82) is 0 Å². The Morgan fingerprint density at radius 1 is 1.47 bits per heavy atom. The van der Waals surface area contributed by atoms with Gasteiger partial charge in [0, 0.05) is 12.5 Å². The fourth-order valence-electron chi connectivity index (χ4n) is 1.10. The lowest BCUT2D eigenvalue weighted by molar-refractivity contribution is -0.144. The van der Waals surface area contributed by atoms with Crippen molar-refractivity contribution in [1.82, 2.24) is 5.32 Å². The Morgan fingerprint density at radius 2 is 2.07 bits per heavy atom. The minimum atomic E-state index is -4.27. The Labute approximate surface area is 87.2 Å². The zero-order valence-corrected chi connectivity index (χ0v) is 8.73. The van der Waals surface area contributed by atoms with Crippen LogP contribution in [-0.4, -0.2) is 24.7 Å². The summed E-state index contributed by atoms with van der Waals surface area (Å²) in [6, 6.07) is -0.116. The number of halogens is 3. The second kappa shape index (κ2) is 6.66. The van der Waals surface area contributed by atoms with E-state index in [2.05, 4.69) is 5.32 Å². The molecule has 0 fully saturated rings. The van der Waals surface area contributed by atoms with E-state index >= 15 is 0 Å². The number of carbonyl (C=O) groups is 1. The second-order valence-electron chi connectivity index (χ2n) is 3.51. The van der Waals surface area contributed by atoms with E-state index in [0.29, 0.717) is 13.0 Å². The summed E-state index contributed by atoms with van der Waals surface area (Å²) in [5.74, 6) is -0.558. The number of nitrogens with two attached hydrogens (primary N) is 1. The minimum Gasteiger partial charge on any atom is -0.354 e. The molecule has 1 unspecified atom stereocenters. The summed E-state index contributed by atoms with van der Waals surface area (Å²) in [6.45, 7) is 2.27. The molecule has 0 rings (SSSR count). The van der Waals surface area contributed by atoms with Gasteiger partial charge in [-0.1, -0.05) is 0 Å². The summed E-state index contributed by atoms with van der Waals surface area (Å²) in [7, 11) is 0. The second-order valence-corrected chi connectivity index (χ2v) is 3.51. The molecule has 1 atom stereocenters. The predicted molar refractivity (Wildman–Crippen MR) is 51.2 cm³/mol. The van der Waals surface area contributed by atoms with Gasteiger partial charge in [0.25, 0.3) is 0 Å². The van der Waals surface area contributed by atoms with Gasteiger partial charge in [-0.15, -0.1) is 0 Å². The van der Waals surface area contributed by atoms with E-state index in [-0.39, 0.29) is 6.04 Å². The number of hydrogen-bond donors (Lipinski definition) is 2. The van der Waals surface area contributed by atoms with E-state index in [4.69, 9.17) is 5.73 Å². The zero-order valence-electron chi connectivity index (χ0n) is 8.73. The first-order valence-corrected chi connectivity index (χ1v) is 4.91. The third-order valence-electron chi connectivity index (χ3n) is 1.88. The van der Waals surface area contributed by atoms with E-state index in [0.717, 1.165) is 6.42 Å². The van der Waals surface area contributed by atoms with Crippen LogP contribution in [0.2, 0.25) is 0 Å². The highest BCUT2D eigenvalue weighted by molar-refractivity contribution is 5.76. The van der Waals surface area contributed by atoms with Gasteiger partial charge in [-0.25, -0.2) is 0 Å². The maximum absolute atomic E-state index is 11.8. The molecular formula is C9H17F3N2O. The zero-order chi connectivity index (χ0) is 11.9. The van der Waals surface area contributed by atoms with E-state index < -0.39 is 24.9 Å². The molecule has 3 nitrogen and oxygen atoms in total. The molecule has 0 spiro atoms. The first-order valence-electron chi connectivity index (χ1n) is 4.91. The number of rotatable bonds is 6. The van der Waals surface area contributed by atoms with Gasteiger partial charge in [-0.3, -0.25) is 4.79 Å². The van der Waals surface area contributed by atoms with Crippen molar-refractivity contribution in [3.63, 3.8) is 0 Å². The quantitative estimate of drug-likeness (QED) is 0.722. The Kier molecular flexibility index (Phi) is 6.31. The van der Waals surface area contributed by atoms with E-state index in [1.165, 1.54) is 0 Å². The van der Waals surface area contributed by atoms with Gasteiger partial charge >= 0.3 is 6.18 Å². The Hall–Kier alpha value is -0.780. The van der Waals surface area contributed by atoms with Crippen LogP contribution >= 0.6 is 0 Å². The third-order valence-corrected chi connectivity index (χ3v) is 1.88. The summed E-state index contributed by atoms with van der Waals surface area (Å²) in [5.41, 5.74) is 5.26. The molecule has 0 heterocycles. The SMILES string of the molecule is CC(CCCN)NC(=O)CCC(F)(F)F. The van der Waals surface area contributed by atoms with Crippen molar-refractivity contribution in [2.75, 3.05) is 6.54 Å². The average Bonchev–Trinajstić information content (AvgIpc) is 2.10. The fraction of sp³-hybridized carbons (Fsp3) is 0.889. The number of hydrogen-bond acceptors (Lipinski definition) is 2. The van der Waals surface area contributed by atoms with Gasteiger partial charge in [0.1, 0.15) is 0 Å². The lowest BCUT2D eigenvalue weighted by Crippen LogP contribution is -2.33. The van der Waals surface area contributed by atoms with E-state index in [1.807, 2.05) is 0 Å². The van der Waals surface area contributed by atoms with Gasteiger partial charge in [0.15, 0.2) is 0 Å². The van der Waals surface area contributed by atoms with Gasteiger partial charge in [-0.2, -0.15) is 13.2 Å². The molecule has 6 heteroatoms. The molecule has 0 bridgehead atoms. The molecule has 0 saturated heterocycles. The molecule has 90 valence electrons. The summed E-state index contributed by atoms with van der Waals surface area (Å²) in [4.78, 5) is 11.0. The number of carbonyl (C=O) groups excluding carboxylic acids is 1. The van der Waals surface area contributed by atoms with Crippen LogP contribution in [0, 0.1) is 0 Å². The van der Waals surface area contributed by atoms with E-state index in [1.54, 1.807) is 6.92 Å². The van der Waals surface area contributed by atoms with E-state index in [9.17, 15) is 18.0 Å². The van der Waals surface area contributed by atoms with Crippen LogP contribution in [0.25, 0.3) is 0 Å². The topological polar surface area (TPSA) is 55.1 Å². The van der Waals surface area contributed by atoms with Crippen molar-refractivity contribution in [2.45, 2.75) is 44.8 Å². The number of alkyl halides is 3. The number of nitrogens with one attached hydrogen (secondary N) is 1. The highest BCUT2D eigenvalue weighted by Gasteiger charge is 2.27. The molecule has 0 aliphatic heterocycles. The van der Waals surface area contributed by atoms with Gasteiger partial charge < -0.3 is 11.1 Å². The van der Waals surface area contributed by atoms with Crippen LogP contribution in [0.15, 0.2) is 0 Å². The maximum Gasteiger partial charge on any atom is 0.389 e. The molecule has 0 aromatic heterocycles. The summed E-state index contributed by atoms with van der Waals surface area (Å²) < 4.78 is 35.3. The van der Waals surface area contributed by atoms with Crippen molar-refractivity contribution < 1.29 is 18.0 Å². The lowest BCUT2D eigenvalue weighted by atomic mass is 10.1. The van der Waals surface area contributed by atoms with Crippen LogP contribution in [0.5, 0.6) is 0 Å². The normalized spacial score (nSPS) is 13.7. The van der Waals surface area contributed by atoms with Crippen LogP contribution in [-0.2, 0) is 4.79 Å². The molecule has 3 N–H and O–H groups in total. The molecular weight excluding hydrogens is 209 g/mol. The van der Waals surface area contributed by atoms with Crippen LogP contribution < -0.4 is 11.1 Å². The van der Waals surface area contributed by atoms with Crippen molar-refractivity contribution in [3.8, 4) is 0 Å². The molecule has 0 aromatic carbocycles. The Balaban J connectivity index is 3.64. The smallest absolute Gasteiger partial charge is 0.354 e. The van der Waals surface area contributed by atoms with Gasteiger partial charge in [-0.05, 0) is 26.3 Å². The lowest BCUT2D eigenvalue weighted by Gasteiger charge is -2.13. The third kappa shape index (κ3) is 9.52. The van der Waals surface area contributed by atoms with Crippen molar-refractivity contribution in [2.24, 2.45) is 5.73 Å². The summed E-state index contributed by atoms with van der Waals surface area (Å²) in [5, 5.41) is 2.49. The Bertz CT molecular complexity index is 194. The monoisotopic (exact) mass is 226 g/mol. The highest BCUT2D eigenvalue weighted by Crippen LogP contribution is 2.21. The molecule has 0 aliphatic rings. The minimum absolute atomic E-state index is 0.116. The van der Waals surface area contributed by atoms with Gasteiger partial charge in [0.2, 0.25) is 5.91 Å². The maximum atomic E-state index is 11.8. The molecule has 0 saturated carbocycles.